The highest BCUT2D eigenvalue weighted by Crippen LogP contribution is 2.13. The maximum absolute atomic E-state index is 13.4. The third-order valence-electron chi connectivity index (χ3n) is 4.37. The molecule has 0 aliphatic carbocycles. The van der Waals surface area contributed by atoms with Gasteiger partial charge in [0, 0.05) is 31.4 Å². The highest BCUT2D eigenvalue weighted by atomic mass is 19.1. The normalized spacial score (nSPS) is 10.8. The zero-order valence-electron chi connectivity index (χ0n) is 15.4. The first-order valence-electron chi connectivity index (χ1n) is 9.30. The van der Waals surface area contributed by atoms with Gasteiger partial charge in [-0.05, 0) is 42.7 Å². The van der Waals surface area contributed by atoms with Crippen molar-refractivity contribution in [2.75, 3.05) is 6.54 Å². The third kappa shape index (κ3) is 6.04. The Labute approximate surface area is 150 Å². The van der Waals surface area contributed by atoms with Crippen LogP contribution in [0.25, 0.3) is 0 Å². The summed E-state index contributed by atoms with van der Waals surface area (Å²) in [6.07, 6.45) is 6.78. The van der Waals surface area contributed by atoms with Gasteiger partial charge in [0.05, 0.1) is 6.54 Å². The van der Waals surface area contributed by atoms with Gasteiger partial charge in [0.25, 0.3) is 0 Å². The lowest BCUT2D eigenvalue weighted by molar-refractivity contribution is -0.132. The van der Waals surface area contributed by atoms with Crippen molar-refractivity contribution in [2.45, 2.75) is 59.0 Å². The van der Waals surface area contributed by atoms with E-state index in [0.29, 0.717) is 19.5 Å². The molecule has 0 radical (unpaired) electrons. The first-order chi connectivity index (χ1) is 12.1. The molecule has 136 valence electrons. The van der Waals surface area contributed by atoms with Crippen LogP contribution in [0.15, 0.2) is 42.6 Å². The number of carbonyl (C=O) groups excluding carboxylic acids is 1. The minimum Gasteiger partial charge on any atom is -0.345 e. The minimum atomic E-state index is -0.217. The molecule has 1 aromatic heterocycles. The van der Waals surface area contributed by atoms with Crippen LogP contribution in [-0.2, 0) is 17.9 Å². The number of carbonyl (C=O) groups is 1. The zero-order valence-corrected chi connectivity index (χ0v) is 15.4. The van der Waals surface area contributed by atoms with Crippen LogP contribution < -0.4 is 0 Å². The minimum absolute atomic E-state index is 0.217. The third-order valence-corrected chi connectivity index (χ3v) is 4.37. The highest BCUT2D eigenvalue weighted by molar-refractivity contribution is 5.76. The van der Waals surface area contributed by atoms with Crippen molar-refractivity contribution < 1.29 is 9.18 Å². The number of hydrogen-bond acceptors (Lipinski definition) is 1. The summed E-state index contributed by atoms with van der Waals surface area (Å²) in [6, 6.07) is 10.7. The van der Waals surface area contributed by atoms with Crippen molar-refractivity contribution in [3.8, 4) is 0 Å². The van der Waals surface area contributed by atoms with Crippen molar-refractivity contribution in [1.82, 2.24) is 9.47 Å². The molecule has 0 aliphatic rings. The van der Waals surface area contributed by atoms with E-state index in [0.717, 1.165) is 43.5 Å². The van der Waals surface area contributed by atoms with E-state index in [4.69, 9.17) is 0 Å². The Morgan fingerprint density at radius 2 is 1.96 bits per heavy atom. The number of rotatable bonds is 10. The summed E-state index contributed by atoms with van der Waals surface area (Å²) in [4.78, 5) is 14.4. The van der Waals surface area contributed by atoms with Crippen LogP contribution in [0.1, 0.15) is 57.2 Å². The smallest absolute Gasteiger partial charge is 0.222 e. The van der Waals surface area contributed by atoms with E-state index < -0.39 is 0 Å². The molecule has 1 aromatic carbocycles. The Hall–Kier alpha value is -2.10. The molecule has 0 fully saturated rings. The zero-order chi connectivity index (χ0) is 18.1. The molecule has 0 atom stereocenters. The Morgan fingerprint density at radius 3 is 2.68 bits per heavy atom. The van der Waals surface area contributed by atoms with Gasteiger partial charge in [0.15, 0.2) is 0 Å². The van der Waals surface area contributed by atoms with Crippen LogP contribution >= 0.6 is 0 Å². The molecule has 0 N–H and O–H groups in total. The quantitative estimate of drug-likeness (QED) is 0.557. The van der Waals surface area contributed by atoms with E-state index in [1.54, 1.807) is 12.1 Å². The van der Waals surface area contributed by atoms with Crippen LogP contribution in [0.5, 0.6) is 0 Å². The number of nitrogens with zero attached hydrogens (tertiary/aromatic N) is 2. The molecule has 2 aromatic rings. The first-order valence-corrected chi connectivity index (χ1v) is 9.30. The molecule has 0 aliphatic heterocycles. The predicted molar refractivity (Wildman–Crippen MR) is 99.8 cm³/mol. The molecule has 4 heteroatoms. The van der Waals surface area contributed by atoms with Gasteiger partial charge in [0.2, 0.25) is 5.91 Å². The largest absolute Gasteiger partial charge is 0.345 e. The number of aromatic nitrogens is 1. The fraction of sp³-hybridized carbons (Fsp3) is 0.476. The summed E-state index contributed by atoms with van der Waals surface area (Å²) in [5.41, 5.74) is 2.01. The Morgan fingerprint density at radius 1 is 1.12 bits per heavy atom. The van der Waals surface area contributed by atoms with Crippen LogP contribution in [0, 0.1) is 5.82 Å². The van der Waals surface area contributed by atoms with Gasteiger partial charge >= 0.3 is 0 Å². The molecule has 0 unspecified atom stereocenters. The predicted octanol–water partition coefficient (Wildman–Crippen LogP) is 4.99. The van der Waals surface area contributed by atoms with Crippen molar-refractivity contribution >= 4 is 5.91 Å². The lowest BCUT2D eigenvalue weighted by Crippen LogP contribution is -2.32. The van der Waals surface area contributed by atoms with Crippen LogP contribution in [-0.4, -0.2) is 21.9 Å². The van der Waals surface area contributed by atoms with Gasteiger partial charge in [-0.1, -0.05) is 38.8 Å². The lowest BCUT2D eigenvalue weighted by atomic mass is 10.2. The average molecular weight is 344 g/mol. The molecule has 0 saturated heterocycles. The molecule has 0 bridgehead atoms. The number of hydrogen-bond donors (Lipinski definition) is 0. The average Bonchev–Trinajstić information content (AvgIpc) is 3.01. The number of benzene rings is 1. The Kier molecular flexibility index (Phi) is 7.71. The van der Waals surface area contributed by atoms with Gasteiger partial charge in [-0.2, -0.15) is 0 Å². The van der Waals surface area contributed by atoms with Crippen molar-refractivity contribution in [1.29, 1.82) is 0 Å². The van der Waals surface area contributed by atoms with Crippen LogP contribution in [0.3, 0.4) is 0 Å². The molecule has 25 heavy (non-hydrogen) atoms. The maximum atomic E-state index is 13.4. The molecule has 0 spiro atoms. The van der Waals surface area contributed by atoms with Crippen LogP contribution in [0.2, 0.25) is 0 Å². The van der Waals surface area contributed by atoms with E-state index in [-0.39, 0.29) is 11.7 Å². The standard InChI is InChI=1S/C21H29FN2O/c1-3-5-6-13-24(21(25)9-4-2)17-20-12-8-14-23(20)16-18-10-7-11-19(22)15-18/h7-8,10-12,14-15H,3-6,9,13,16-17H2,1-2H3. The number of unbranched alkanes of at least 4 members (excludes halogenated alkanes) is 2. The second-order valence-electron chi connectivity index (χ2n) is 6.53. The fourth-order valence-corrected chi connectivity index (χ4v) is 2.99. The molecule has 1 amide bonds. The Bertz CT molecular complexity index is 665. The molecule has 1 heterocycles. The molecule has 3 nitrogen and oxygen atoms in total. The monoisotopic (exact) mass is 344 g/mol. The Balaban J connectivity index is 2.08. The summed E-state index contributed by atoms with van der Waals surface area (Å²) in [7, 11) is 0. The van der Waals surface area contributed by atoms with Crippen molar-refractivity contribution in [3.05, 3.63) is 59.7 Å². The first kappa shape index (κ1) is 19.2. The fourth-order valence-electron chi connectivity index (χ4n) is 2.99. The van der Waals surface area contributed by atoms with Gasteiger partial charge < -0.3 is 9.47 Å². The van der Waals surface area contributed by atoms with E-state index in [2.05, 4.69) is 11.5 Å². The maximum Gasteiger partial charge on any atom is 0.222 e. The second kappa shape index (κ2) is 10.0. The van der Waals surface area contributed by atoms with Crippen LogP contribution in [0.4, 0.5) is 4.39 Å². The molecular weight excluding hydrogens is 315 g/mol. The van der Waals surface area contributed by atoms with Gasteiger partial charge in [0.1, 0.15) is 5.82 Å². The molecule has 2 rings (SSSR count). The second-order valence-corrected chi connectivity index (χ2v) is 6.53. The topological polar surface area (TPSA) is 25.2 Å². The molecular formula is C21H29FN2O. The van der Waals surface area contributed by atoms with Gasteiger partial charge in [-0.3, -0.25) is 4.79 Å². The highest BCUT2D eigenvalue weighted by Gasteiger charge is 2.14. The summed E-state index contributed by atoms with van der Waals surface area (Å²) in [5, 5.41) is 0. The summed E-state index contributed by atoms with van der Waals surface area (Å²) in [6.45, 7) is 6.24. The van der Waals surface area contributed by atoms with Gasteiger partial charge in [-0.25, -0.2) is 4.39 Å². The van der Waals surface area contributed by atoms with Crippen molar-refractivity contribution in [2.24, 2.45) is 0 Å². The summed E-state index contributed by atoms with van der Waals surface area (Å²) >= 11 is 0. The summed E-state index contributed by atoms with van der Waals surface area (Å²) < 4.78 is 15.5. The van der Waals surface area contributed by atoms with Gasteiger partial charge in [-0.15, -0.1) is 0 Å². The van der Waals surface area contributed by atoms with E-state index >= 15 is 0 Å². The number of halogens is 1. The van der Waals surface area contributed by atoms with Crippen molar-refractivity contribution in [3.63, 3.8) is 0 Å². The lowest BCUT2D eigenvalue weighted by Gasteiger charge is -2.23. The van der Waals surface area contributed by atoms with E-state index in [9.17, 15) is 9.18 Å². The van der Waals surface area contributed by atoms with E-state index in [1.165, 1.54) is 6.07 Å². The molecule has 0 saturated carbocycles. The summed E-state index contributed by atoms with van der Waals surface area (Å²) in [5.74, 6) is 0.00244. The van der Waals surface area contributed by atoms with E-state index in [1.807, 2.05) is 36.2 Å². The SMILES string of the molecule is CCCCCN(Cc1cccn1Cc1cccc(F)c1)C(=O)CCC. The number of amides is 1.